The summed E-state index contributed by atoms with van der Waals surface area (Å²) < 4.78 is 24.8. The maximum Gasteiger partial charge on any atom is 0.175 e. The molecule has 1 aromatic carbocycles. The predicted octanol–water partition coefficient (Wildman–Crippen LogP) is 3.00. The minimum absolute atomic E-state index is 0.295. The fraction of sp³-hybridized carbons (Fsp3) is 0.250. The zero-order valence-electron chi connectivity index (χ0n) is 13.2. The van der Waals surface area contributed by atoms with Gasteiger partial charge < -0.3 is 5.32 Å². The van der Waals surface area contributed by atoms with Gasteiger partial charge in [-0.3, -0.25) is 0 Å². The van der Waals surface area contributed by atoms with Crippen molar-refractivity contribution in [2.45, 2.75) is 24.7 Å². The molecule has 0 saturated heterocycles. The Morgan fingerprint density at radius 3 is 2.43 bits per heavy atom. The molecule has 23 heavy (non-hydrogen) atoms. The zero-order chi connectivity index (χ0) is 16.6. The van der Waals surface area contributed by atoms with Gasteiger partial charge in [-0.15, -0.1) is 0 Å². The molecule has 7 heteroatoms. The van der Waals surface area contributed by atoms with Crippen LogP contribution in [0.4, 0.5) is 11.5 Å². The van der Waals surface area contributed by atoms with Crippen LogP contribution < -0.4 is 5.32 Å². The van der Waals surface area contributed by atoms with Crippen molar-refractivity contribution >= 4 is 27.0 Å². The van der Waals surface area contributed by atoms with Crippen molar-refractivity contribution in [3.8, 4) is 0 Å². The van der Waals surface area contributed by atoms with E-state index in [2.05, 4.69) is 29.2 Å². The number of nitrogens with zero attached hydrogens (tertiary/aromatic N) is 3. The number of fused-ring (bicyclic) bond motifs is 1. The number of anilines is 2. The average Bonchev–Trinajstić information content (AvgIpc) is 2.92. The highest BCUT2D eigenvalue weighted by atomic mass is 32.2. The monoisotopic (exact) mass is 330 g/mol. The lowest BCUT2D eigenvalue weighted by atomic mass is 10.1. The normalized spacial score (nSPS) is 12.0. The fourth-order valence-corrected chi connectivity index (χ4v) is 2.97. The second kappa shape index (κ2) is 5.66. The number of sulfone groups is 1. The van der Waals surface area contributed by atoms with Crippen molar-refractivity contribution < 1.29 is 8.42 Å². The van der Waals surface area contributed by atoms with Gasteiger partial charge in [0.05, 0.1) is 11.1 Å². The van der Waals surface area contributed by atoms with Crippen molar-refractivity contribution in [1.29, 1.82) is 0 Å². The van der Waals surface area contributed by atoms with Crippen LogP contribution in [0.1, 0.15) is 25.3 Å². The first-order valence-electron chi connectivity index (χ1n) is 7.26. The van der Waals surface area contributed by atoms with Crippen LogP contribution >= 0.6 is 0 Å². The Morgan fingerprint density at radius 2 is 1.83 bits per heavy atom. The molecule has 0 aliphatic carbocycles. The van der Waals surface area contributed by atoms with E-state index in [1.165, 1.54) is 6.26 Å². The van der Waals surface area contributed by atoms with E-state index in [4.69, 9.17) is 0 Å². The van der Waals surface area contributed by atoms with Gasteiger partial charge in [-0.1, -0.05) is 13.8 Å². The van der Waals surface area contributed by atoms with Gasteiger partial charge in [0.2, 0.25) is 0 Å². The van der Waals surface area contributed by atoms with E-state index in [1.807, 2.05) is 12.3 Å². The van der Waals surface area contributed by atoms with Crippen LogP contribution in [0.2, 0.25) is 0 Å². The zero-order valence-corrected chi connectivity index (χ0v) is 14.0. The minimum Gasteiger partial charge on any atom is -0.340 e. The predicted molar refractivity (Wildman–Crippen MR) is 89.9 cm³/mol. The molecular weight excluding hydrogens is 312 g/mol. The number of hydrogen-bond acceptors (Lipinski definition) is 5. The first-order chi connectivity index (χ1) is 10.9. The molecule has 0 spiro atoms. The van der Waals surface area contributed by atoms with Crippen molar-refractivity contribution in [3.05, 3.63) is 48.3 Å². The molecule has 3 aromatic rings. The summed E-state index contributed by atoms with van der Waals surface area (Å²) in [7, 11) is -3.19. The Kier molecular flexibility index (Phi) is 3.81. The second-order valence-electron chi connectivity index (χ2n) is 5.74. The summed E-state index contributed by atoms with van der Waals surface area (Å²) in [5.74, 6) is 1.11. The third kappa shape index (κ3) is 3.05. The Morgan fingerprint density at radius 1 is 1.13 bits per heavy atom. The van der Waals surface area contributed by atoms with Gasteiger partial charge in [0.1, 0.15) is 5.82 Å². The highest BCUT2D eigenvalue weighted by molar-refractivity contribution is 7.90. The molecule has 0 bridgehead atoms. The maximum atomic E-state index is 11.5. The van der Waals surface area contributed by atoms with Crippen LogP contribution in [0.3, 0.4) is 0 Å². The van der Waals surface area contributed by atoms with E-state index in [0.717, 1.165) is 22.7 Å². The fourth-order valence-electron chi connectivity index (χ4n) is 2.34. The Labute approximate surface area is 135 Å². The molecule has 0 fully saturated rings. The smallest absolute Gasteiger partial charge is 0.175 e. The maximum absolute atomic E-state index is 11.5. The van der Waals surface area contributed by atoms with Gasteiger partial charge in [-0.05, 0) is 36.2 Å². The first-order valence-corrected chi connectivity index (χ1v) is 9.15. The molecule has 0 amide bonds. The standard InChI is InChI=1S/C16H18N4O2S/c1-11(2)14-10-18-20-15(8-9-17-16(14)20)19-12-4-6-13(7-5-12)23(3,21)22/h4-11,19H,1-3H3. The largest absolute Gasteiger partial charge is 0.340 e. The van der Waals surface area contributed by atoms with Gasteiger partial charge >= 0.3 is 0 Å². The molecule has 1 N–H and O–H groups in total. The molecule has 0 radical (unpaired) electrons. The van der Waals surface area contributed by atoms with E-state index in [9.17, 15) is 8.42 Å². The molecule has 0 atom stereocenters. The summed E-state index contributed by atoms with van der Waals surface area (Å²) in [4.78, 5) is 4.69. The third-order valence-corrected chi connectivity index (χ3v) is 4.73. The average molecular weight is 330 g/mol. The Hall–Kier alpha value is -2.41. The van der Waals surface area contributed by atoms with Crippen LogP contribution in [0.25, 0.3) is 5.65 Å². The quantitative estimate of drug-likeness (QED) is 0.796. The number of hydrogen-bond donors (Lipinski definition) is 1. The molecule has 3 rings (SSSR count). The number of rotatable bonds is 4. The Balaban J connectivity index is 1.96. The summed E-state index contributed by atoms with van der Waals surface area (Å²) >= 11 is 0. The van der Waals surface area contributed by atoms with E-state index < -0.39 is 9.84 Å². The van der Waals surface area contributed by atoms with E-state index in [0.29, 0.717) is 10.8 Å². The minimum atomic E-state index is -3.19. The molecule has 0 unspecified atom stereocenters. The Bertz CT molecular complexity index is 944. The second-order valence-corrected chi connectivity index (χ2v) is 7.76. The molecule has 0 aliphatic rings. The number of aromatic nitrogens is 3. The van der Waals surface area contributed by atoms with Gasteiger partial charge in [0.15, 0.2) is 15.5 Å². The van der Waals surface area contributed by atoms with Gasteiger partial charge in [-0.2, -0.15) is 9.61 Å². The van der Waals surface area contributed by atoms with Crippen molar-refractivity contribution in [3.63, 3.8) is 0 Å². The summed E-state index contributed by atoms with van der Waals surface area (Å²) in [5.41, 5.74) is 2.69. The van der Waals surface area contributed by atoms with E-state index in [-0.39, 0.29) is 0 Å². The van der Waals surface area contributed by atoms with Crippen LogP contribution in [-0.4, -0.2) is 29.3 Å². The first kappa shape index (κ1) is 15.5. The highest BCUT2D eigenvalue weighted by Gasteiger charge is 2.12. The SMILES string of the molecule is CC(C)c1cnn2c(Nc3ccc(S(C)(=O)=O)cc3)ccnc12. The molecule has 6 nitrogen and oxygen atoms in total. The summed E-state index contributed by atoms with van der Waals surface area (Å²) in [6.07, 6.45) is 4.75. The molecular formula is C16H18N4O2S. The van der Waals surface area contributed by atoms with Gasteiger partial charge in [0, 0.05) is 23.7 Å². The third-order valence-electron chi connectivity index (χ3n) is 3.61. The van der Waals surface area contributed by atoms with Crippen molar-refractivity contribution in [2.24, 2.45) is 0 Å². The molecule has 2 heterocycles. The number of nitrogens with one attached hydrogen (secondary N) is 1. The lowest BCUT2D eigenvalue weighted by Crippen LogP contribution is -2.02. The lowest BCUT2D eigenvalue weighted by Gasteiger charge is -2.09. The molecule has 2 aromatic heterocycles. The van der Waals surface area contributed by atoms with Crippen LogP contribution in [0.15, 0.2) is 47.6 Å². The van der Waals surface area contributed by atoms with E-state index >= 15 is 0 Å². The van der Waals surface area contributed by atoms with Gasteiger partial charge in [-0.25, -0.2) is 13.4 Å². The lowest BCUT2D eigenvalue weighted by molar-refractivity contribution is 0.602. The number of benzene rings is 1. The van der Waals surface area contributed by atoms with Crippen LogP contribution in [0, 0.1) is 0 Å². The van der Waals surface area contributed by atoms with Crippen molar-refractivity contribution in [1.82, 2.24) is 14.6 Å². The van der Waals surface area contributed by atoms with Crippen LogP contribution in [-0.2, 0) is 9.84 Å². The molecule has 120 valence electrons. The van der Waals surface area contributed by atoms with Crippen LogP contribution in [0.5, 0.6) is 0 Å². The molecule has 0 saturated carbocycles. The van der Waals surface area contributed by atoms with Crippen molar-refractivity contribution in [2.75, 3.05) is 11.6 Å². The highest BCUT2D eigenvalue weighted by Crippen LogP contribution is 2.23. The summed E-state index contributed by atoms with van der Waals surface area (Å²) in [6, 6.07) is 8.46. The van der Waals surface area contributed by atoms with Gasteiger partial charge in [0.25, 0.3) is 0 Å². The molecule has 0 aliphatic heterocycles. The summed E-state index contributed by atoms with van der Waals surface area (Å²) in [6.45, 7) is 4.20. The summed E-state index contributed by atoms with van der Waals surface area (Å²) in [5, 5.41) is 7.63. The van der Waals surface area contributed by atoms with E-state index in [1.54, 1.807) is 35.0 Å². The topological polar surface area (TPSA) is 76.4 Å².